The van der Waals surface area contributed by atoms with Gasteiger partial charge in [-0.25, -0.2) is 0 Å². The number of amides is 1. The molecule has 0 radical (unpaired) electrons. The summed E-state index contributed by atoms with van der Waals surface area (Å²) in [6.45, 7) is 1.52. The van der Waals surface area contributed by atoms with Crippen LogP contribution in [0.5, 0.6) is 11.5 Å². The van der Waals surface area contributed by atoms with Crippen molar-refractivity contribution >= 4 is 23.1 Å². The van der Waals surface area contributed by atoms with Crippen molar-refractivity contribution in [2.24, 2.45) is 0 Å². The van der Waals surface area contributed by atoms with Gasteiger partial charge in [0, 0.05) is 5.56 Å². The largest absolute Gasteiger partial charge is 0.483 e. The molecule has 3 N–H and O–H groups in total. The van der Waals surface area contributed by atoms with Crippen molar-refractivity contribution < 1.29 is 19.1 Å². The van der Waals surface area contributed by atoms with Crippen molar-refractivity contribution in [2.75, 3.05) is 17.7 Å². The molecule has 1 atom stereocenters. The maximum Gasteiger partial charge on any atom is 0.265 e. The van der Waals surface area contributed by atoms with Gasteiger partial charge < -0.3 is 20.5 Å². The topological polar surface area (TPSA) is 90.7 Å². The Labute approximate surface area is 133 Å². The molecule has 1 unspecified atom stereocenters. The minimum Gasteiger partial charge on any atom is -0.483 e. The number of hydrogen-bond donors (Lipinski definition) is 2. The van der Waals surface area contributed by atoms with E-state index in [0.717, 1.165) is 0 Å². The van der Waals surface area contributed by atoms with Crippen molar-refractivity contribution in [1.29, 1.82) is 0 Å². The first-order valence-electron chi connectivity index (χ1n) is 7.16. The first-order chi connectivity index (χ1) is 11.0. The highest BCUT2D eigenvalue weighted by Gasteiger charge is 2.24. The Hall–Kier alpha value is -3.02. The Morgan fingerprint density at radius 3 is 2.87 bits per heavy atom. The summed E-state index contributed by atoms with van der Waals surface area (Å²) in [5, 5.41) is 2.71. The van der Waals surface area contributed by atoms with Gasteiger partial charge in [-0.05, 0) is 37.3 Å². The fraction of sp³-hybridized carbons (Fsp3) is 0.176. The molecule has 0 saturated carbocycles. The van der Waals surface area contributed by atoms with Crippen LogP contribution >= 0.6 is 0 Å². The third-order valence-corrected chi connectivity index (χ3v) is 3.51. The number of rotatable bonds is 4. The van der Waals surface area contributed by atoms with Crippen molar-refractivity contribution in [3.05, 3.63) is 48.0 Å². The molecule has 0 aromatic heterocycles. The number of hydrogen-bond acceptors (Lipinski definition) is 5. The summed E-state index contributed by atoms with van der Waals surface area (Å²) in [7, 11) is 0. The number of Topliss-reactive ketones (excluding diaryl/α,β-unsaturated/α-hetero) is 1. The lowest BCUT2D eigenvalue weighted by Gasteiger charge is -2.23. The Morgan fingerprint density at radius 1 is 1.30 bits per heavy atom. The number of carbonyl (C=O) groups excluding carboxylic acids is 2. The van der Waals surface area contributed by atoms with E-state index in [9.17, 15) is 9.59 Å². The molecule has 2 aromatic carbocycles. The molecule has 0 aliphatic carbocycles. The van der Waals surface area contributed by atoms with Crippen LogP contribution in [0.1, 0.15) is 17.3 Å². The minimum atomic E-state index is -0.548. The number of anilines is 2. The van der Waals surface area contributed by atoms with E-state index in [4.69, 9.17) is 15.2 Å². The molecule has 6 heteroatoms. The lowest BCUT2D eigenvalue weighted by atomic mass is 10.1. The molecule has 0 fully saturated rings. The molecular formula is C17H16N2O4. The number of nitrogens with one attached hydrogen (secondary N) is 1. The second-order valence-electron chi connectivity index (χ2n) is 5.21. The van der Waals surface area contributed by atoms with Crippen LogP contribution in [0.4, 0.5) is 11.4 Å². The number of para-hydroxylation sites is 2. The highest BCUT2D eigenvalue weighted by atomic mass is 16.5. The Morgan fingerprint density at radius 2 is 2.09 bits per heavy atom. The molecule has 0 spiro atoms. The van der Waals surface area contributed by atoms with Gasteiger partial charge in [-0.2, -0.15) is 0 Å². The van der Waals surface area contributed by atoms with Gasteiger partial charge in [-0.1, -0.05) is 12.1 Å². The average molecular weight is 312 g/mol. The van der Waals surface area contributed by atoms with Gasteiger partial charge in [0.15, 0.2) is 18.5 Å². The van der Waals surface area contributed by atoms with Crippen molar-refractivity contribution in [3.63, 3.8) is 0 Å². The first kappa shape index (κ1) is 14.9. The van der Waals surface area contributed by atoms with Crippen molar-refractivity contribution in [1.82, 2.24) is 0 Å². The molecule has 118 valence electrons. The monoisotopic (exact) mass is 312 g/mol. The summed E-state index contributed by atoms with van der Waals surface area (Å²) < 4.78 is 10.9. The van der Waals surface area contributed by atoms with E-state index in [2.05, 4.69) is 5.32 Å². The maximum atomic E-state index is 12.2. The van der Waals surface area contributed by atoms with E-state index in [0.29, 0.717) is 28.4 Å². The van der Waals surface area contributed by atoms with Crippen LogP contribution in [0.2, 0.25) is 0 Å². The summed E-state index contributed by atoms with van der Waals surface area (Å²) in [4.78, 5) is 23.9. The highest BCUT2D eigenvalue weighted by Crippen LogP contribution is 2.30. The summed E-state index contributed by atoms with van der Waals surface area (Å²) in [6.07, 6.45) is -0.548. The fourth-order valence-corrected chi connectivity index (χ4v) is 2.22. The lowest BCUT2D eigenvalue weighted by molar-refractivity contribution is -0.122. The molecule has 6 nitrogen and oxygen atoms in total. The normalized spacial score (nSPS) is 16.0. The number of benzene rings is 2. The molecule has 1 amide bonds. The summed E-state index contributed by atoms with van der Waals surface area (Å²) in [5.41, 5.74) is 7.15. The Balaban J connectivity index is 1.72. The summed E-state index contributed by atoms with van der Waals surface area (Å²) in [5.74, 6) is 0.547. The SMILES string of the molecule is CC1Oc2ccc(C(=O)COc3ccccc3N)cc2NC1=O. The zero-order valence-corrected chi connectivity index (χ0v) is 12.5. The Kier molecular flexibility index (Phi) is 3.89. The van der Waals surface area contributed by atoms with Crippen LogP contribution in [0.15, 0.2) is 42.5 Å². The van der Waals surface area contributed by atoms with E-state index < -0.39 is 6.10 Å². The average Bonchev–Trinajstić information content (AvgIpc) is 2.54. The highest BCUT2D eigenvalue weighted by molar-refractivity contribution is 6.02. The van der Waals surface area contributed by atoms with Gasteiger partial charge in [0.25, 0.3) is 5.91 Å². The molecule has 2 aromatic rings. The number of ether oxygens (including phenoxy) is 2. The number of nitrogens with two attached hydrogens (primary N) is 1. The molecule has 3 rings (SSSR count). The summed E-state index contributed by atoms with van der Waals surface area (Å²) in [6, 6.07) is 11.9. The number of fused-ring (bicyclic) bond motifs is 1. The minimum absolute atomic E-state index is 0.141. The molecule has 0 bridgehead atoms. The van der Waals surface area contributed by atoms with E-state index in [1.165, 1.54) is 0 Å². The fourth-order valence-electron chi connectivity index (χ4n) is 2.22. The quantitative estimate of drug-likeness (QED) is 0.667. The van der Waals surface area contributed by atoms with E-state index >= 15 is 0 Å². The third kappa shape index (κ3) is 3.11. The van der Waals surface area contributed by atoms with E-state index in [-0.39, 0.29) is 18.3 Å². The second kappa shape index (κ2) is 6.00. The Bertz CT molecular complexity index is 773. The smallest absolute Gasteiger partial charge is 0.265 e. The molecular weight excluding hydrogens is 296 g/mol. The predicted octanol–water partition coefficient (Wildman–Crippen LogP) is 2.25. The molecule has 0 saturated heterocycles. The lowest BCUT2D eigenvalue weighted by Crippen LogP contribution is -2.34. The van der Waals surface area contributed by atoms with Crippen LogP contribution in [0.25, 0.3) is 0 Å². The second-order valence-corrected chi connectivity index (χ2v) is 5.21. The first-order valence-corrected chi connectivity index (χ1v) is 7.16. The van der Waals surface area contributed by atoms with Gasteiger partial charge in [0.05, 0.1) is 11.4 Å². The van der Waals surface area contributed by atoms with E-state index in [1.807, 2.05) is 0 Å². The molecule has 1 aliphatic heterocycles. The number of carbonyl (C=O) groups is 2. The third-order valence-electron chi connectivity index (χ3n) is 3.51. The zero-order chi connectivity index (χ0) is 16.4. The van der Waals surface area contributed by atoms with Gasteiger partial charge in [-0.3, -0.25) is 9.59 Å². The zero-order valence-electron chi connectivity index (χ0n) is 12.5. The number of ketones is 1. The van der Waals surface area contributed by atoms with Gasteiger partial charge in [0.1, 0.15) is 11.5 Å². The van der Waals surface area contributed by atoms with Gasteiger partial charge >= 0.3 is 0 Å². The molecule has 1 heterocycles. The predicted molar refractivity (Wildman–Crippen MR) is 85.8 cm³/mol. The standard InChI is InChI=1S/C17H16N2O4/c1-10-17(21)19-13-8-11(6-7-16(13)23-10)14(20)9-22-15-5-3-2-4-12(15)18/h2-8,10H,9,18H2,1H3,(H,19,21). The number of nitrogen functional groups attached to an aromatic ring is 1. The van der Waals surface area contributed by atoms with Crippen molar-refractivity contribution in [3.8, 4) is 11.5 Å². The molecule has 1 aliphatic rings. The van der Waals surface area contributed by atoms with Crippen LogP contribution in [0, 0.1) is 0 Å². The molecule has 23 heavy (non-hydrogen) atoms. The van der Waals surface area contributed by atoms with Crippen LogP contribution < -0.4 is 20.5 Å². The van der Waals surface area contributed by atoms with Crippen molar-refractivity contribution in [2.45, 2.75) is 13.0 Å². The van der Waals surface area contributed by atoms with E-state index in [1.54, 1.807) is 49.4 Å². The van der Waals surface area contributed by atoms with Gasteiger partial charge in [-0.15, -0.1) is 0 Å². The van der Waals surface area contributed by atoms with Gasteiger partial charge in [0.2, 0.25) is 0 Å². The van der Waals surface area contributed by atoms with Crippen LogP contribution in [-0.4, -0.2) is 24.4 Å². The maximum absolute atomic E-state index is 12.2. The summed E-state index contributed by atoms with van der Waals surface area (Å²) >= 11 is 0. The van der Waals surface area contributed by atoms with Crippen LogP contribution in [0.3, 0.4) is 0 Å². The van der Waals surface area contributed by atoms with Crippen LogP contribution in [-0.2, 0) is 4.79 Å².